The quantitative estimate of drug-likeness (QED) is 0.0679. The van der Waals surface area contributed by atoms with Crippen molar-refractivity contribution in [2.75, 3.05) is 18.9 Å². The summed E-state index contributed by atoms with van der Waals surface area (Å²) in [5.41, 5.74) is 9.10. The molecule has 0 amide bonds. The number of nitro benzene ring substituents is 1. The molecule has 0 aliphatic rings. The van der Waals surface area contributed by atoms with Crippen LogP contribution < -0.4 is 5.73 Å². The number of rotatable bonds is 3. The summed E-state index contributed by atoms with van der Waals surface area (Å²) in [4.78, 5) is 29.9. The number of halogens is 3. The van der Waals surface area contributed by atoms with Gasteiger partial charge in [0.2, 0.25) is 0 Å². The maximum absolute atomic E-state index is 10.2. The van der Waals surface area contributed by atoms with Gasteiger partial charge in [-0.15, -0.1) is 0 Å². The van der Waals surface area contributed by atoms with E-state index in [0.717, 1.165) is 37.5 Å². The largest absolute Gasteiger partial charge is 0.399 e. The molecule has 0 saturated heterocycles. The van der Waals surface area contributed by atoms with Gasteiger partial charge >= 0.3 is 10.4 Å². The van der Waals surface area contributed by atoms with Crippen molar-refractivity contribution in [1.82, 2.24) is 24.9 Å². The molecule has 1 aromatic carbocycles. The molecule has 274 valence electrons. The van der Waals surface area contributed by atoms with E-state index >= 15 is 0 Å². The van der Waals surface area contributed by atoms with Crippen LogP contribution in [0.3, 0.4) is 0 Å². The number of anilines is 1. The standard InChI is InChI=1S/C8H5BrN2.C8H6N2.C7H7NO2.C5H6N2.C3H8O3.Br2.H2O4S/c9-7-5-10-4-6-2-1-3-11-8(6)7;1-2-7-6-9-5-3-8(7)10-4-1;1-6-3-2-4-7(5-6)8(9)10;6-5-1-3-7-4-2-5;4-1-3(6)2-5;1-2;1-5(2,3)4/h1-5H;1-6H;2-5H,1H3;1-4H,(H2,6,7);3-6H,1-2H2;;(H2,1,2,3,4). The Morgan fingerprint density at radius 3 is 1.80 bits per heavy atom. The topological polar surface area (TPSA) is 269 Å². The van der Waals surface area contributed by atoms with Gasteiger partial charge in [-0.25, -0.2) is 0 Å². The molecule has 0 unspecified atom stereocenters. The predicted molar refractivity (Wildman–Crippen MR) is 205 cm³/mol. The van der Waals surface area contributed by atoms with E-state index in [4.69, 9.17) is 38.6 Å². The lowest BCUT2D eigenvalue weighted by atomic mass is 10.2. The Morgan fingerprint density at radius 2 is 1.35 bits per heavy atom. The maximum atomic E-state index is 10.2. The number of nitrogens with two attached hydrogens (primary N) is 1. The van der Waals surface area contributed by atoms with Crippen LogP contribution >= 0.6 is 44.2 Å². The van der Waals surface area contributed by atoms with Crippen molar-refractivity contribution in [2.45, 2.75) is 13.0 Å². The van der Waals surface area contributed by atoms with Crippen molar-refractivity contribution in [3.63, 3.8) is 0 Å². The van der Waals surface area contributed by atoms with Crippen molar-refractivity contribution in [1.29, 1.82) is 0 Å². The second kappa shape index (κ2) is 27.6. The normalized spacial score (nSPS) is 9.61. The molecule has 0 fully saturated rings. The molecule has 0 aliphatic heterocycles. The number of non-ortho nitro benzene ring substituents is 1. The van der Waals surface area contributed by atoms with Crippen LogP contribution in [0.2, 0.25) is 0 Å². The van der Waals surface area contributed by atoms with Crippen molar-refractivity contribution >= 4 is 87.8 Å². The lowest BCUT2D eigenvalue weighted by molar-refractivity contribution is -0.384. The highest BCUT2D eigenvalue weighted by molar-refractivity contribution is 9.93. The molecular weight excluding hydrogens is 886 g/mol. The Morgan fingerprint density at radius 1 is 0.804 bits per heavy atom. The number of hydrogen-bond acceptors (Lipinski definition) is 13. The average Bonchev–Trinajstić information content (AvgIpc) is 3.13. The third-order valence-electron chi connectivity index (χ3n) is 5.21. The zero-order valence-electron chi connectivity index (χ0n) is 26.6. The fourth-order valence-electron chi connectivity index (χ4n) is 3.04. The maximum Gasteiger partial charge on any atom is 0.394 e. The van der Waals surface area contributed by atoms with Crippen LogP contribution in [0, 0.1) is 17.0 Å². The summed E-state index contributed by atoms with van der Waals surface area (Å²) in [6.07, 6.45) is 13.0. The molecule has 6 rings (SSSR count). The number of nitrogens with zero attached hydrogens (tertiary/aromatic N) is 6. The smallest absolute Gasteiger partial charge is 0.394 e. The molecule has 16 nitrogen and oxygen atoms in total. The molecule has 51 heavy (non-hydrogen) atoms. The van der Waals surface area contributed by atoms with E-state index in [-0.39, 0.29) is 18.9 Å². The lowest BCUT2D eigenvalue weighted by Crippen LogP contribution is -2.15. The number of aryl methyl sites for hydroxylation is 1. The van der Waals surface area contributed by atoms with Gasteiger partial charge in [0.05, 0.1) is 33.6 Å². The number of aliphatic hydroxyl groups is 3. The molecule has 0 aliphatic carbocycles. The van der Waals surface area contributed by atoms with Gasteiger partial charge in [0, 0.05) is 106 Å². The Hall–Kier alpha value is -4.12. The van der Waals surface area contributed by atoms with E-state index in [9.17, 15) is 10.1 Å². The Kier molecular flexibility index (Phi) is 25.4. The minimum atomic E-state index is -4.67. The Bertz CT molecular complexity index is 1870. The SMILES string of the molecule is BrBr.Brc1cncc2cccnc12.Cc1cccc([N+](=O)[O-])c1.Nc1ccncc1.O=S(=O)(O)O.OCC(O)CO.c1cnc2ccncc2c1. The third-order valence-corrected chi connectivity index (χ3v) is 5.79. The average molecular weight is 920 g/mol. The van der Waals surface area contributed by atoms with Crippen LogP contribution in [0.4, 0.5) is 11.4 Å². The second-order valence-electron chi connectivity index (χ2n) is 9.11. The first-order valence-electron chi connectivity index (χ1n) is 13.8. The zero-order valence-corrected chi connectivity index (χ0v) is 32.2. The van der Waals surface area contributed by atoms with Crippen molar-refractivity contribution in [3.8, 4) is 0 Å². The molecule has 6 aromatic rings. The Balaban J connectivity index is 0.000000595. The van der Waals surface area contributed by atoms with Gasteiger partial charge in [0.15, 0.2) is 0 Å². The van der Waals surface area contributed by atoms with Gasteiger partial charge < -0.3 is 21.1 Å². The van der Waals surface area contributed by atoms with Crippen LogP contribution in [0.1, 0.15) is 5.56 Å². The fraction of sp³-hybridized carbons (Fsp3) is 0.129. The van der Waals surface area contributed by atoms with Crippen LogP contribution in [0.5, 0.6) is 0 Å². The number of benzene rings is 1. The zero-order chi connectivity index (χ0) is 38.7. The number of fused-ring (bicyclic) bond motifs is 2. The number of hydrogen-bond donors (Lipinski definition) is 6. The lowest BCUT2D eigenvalue weighted by Gasteiger charge is -1.96. The van der Waals surface area contributed by atoms with Gasteiger partial charge in [-0.1, -0.05) is 12.1 Å². The highest BCUT2D eigenvalue weighted by Gasteiger charge is 2.01. The van der Waals surface area contributed by atoms with Gasteiger partial charge in [-0.05, 0) is 70.9 Å². The molecule has 5 aromatic heterocycles. The van der Waals surface area contributed by atoms with Gasteiger partial charge in [-0.3, -0.25) is 44.1 Å². The molecule has 0 spiro atoms. The van der Waals surface area contributed by atoms with E-state index < -0.39 is 21.4 Å². The van der Waals surface area contributed by atoms with Crippen LogP contribution in [0.25, 0.3) is 21.8 Å². The molecule has 5 heterocycles. The summed E-state index contributed by atoms with van der Waals surface area (Å²) < 4.78 is 32.5. The van der Waals surface area contributed by atoms with Crippen molar-refractivity contribution < 1.29 is 37.8 Å². The van der Waals surface area contributed by atoms with Crippen molar-refractivity contribution in [2.24, 2.45) is 0 Å². The van der Waals surface area contributed by atoms with E-state index in [0.29, 0.717) is 0 Å². The van der Waals surface area contributed by atoms with Gasteiger partial charge in [-0.2, -0.15) is 8.42 Å². The van der Waals surface area contributed by atoms with Crippen LogP contribution in [-0.2, 0) is 10.4 Å². The first-order chi connectivity index (χ1) is 24.2. The molecular formula is C31H34Br3N7O9S. The molecule has 0 atom stereocenters. The second-order valence-corrected chi connectivity index (χ2v) is 10.9. The first kappa shape index (κ1) is 46.9. The number of nitrogen functional groups attached to an aromatic ring is 1. The summed E-state index contributed by atoms with van der Waals surface area (Å²) in [6.45, 7) is 1.10. The number of aliphatic hydroxyl groups excluding tert-OH is 3. The summed E-state index contributed by atoms with van der Waals surface area (Å²) >= 11 is 8.87. The minimum Gasteiger partial charge on any atom is -0.399 e. The number of aromatic nitrogens is 5. The first-order valence-corrected chi connectivity index (χ1v) is 19.7. The van der Waals surface area contributed by atoms with E-state index in [1.165, 1.54) is 6.07 Å². The summed E-state index contributed by atoms with van der Waals surface area (Å²) in [6, 6.07) is 19.7. The third kappa shape index (κ3) is 23.8. The minimum absolute atomic E-state index is 0.153. The van der Waals surface area contributed by atoms with E-state index in [2.05, 4.69) is 69.1 Å². The van der Waals surface area contributed by atoms with Gasteiger partial charge in [0.25, 0.3) is 5.69 Å². The molecule has 0 saturated carbocycles. The van der Waals surface area contributed by atoms with Crippen molar-refractivity contribution in [3.05, 3.63) is 136 Å². The molecule has 7 N–H and O–H groups in total. The van der Waals surface area contributed by atoms with E-state index in [1.54, 1.807) is 67.6 Å². The van der Waals surface area contributed by atoms with Crippen LogP contribution in [0.15, 0.2) is 121 Å². The summed E-state index contributed by atoms with van der Waals surface area (Å²) in [5.74, 6) is 0. The molecule has 20 heteroatoms. The fourth-order valence-corrected chi connectivity index (χ4v) is 3.49. The van der Waals surface area contributed by atoms with Crippen LogP contribution in [-0.4, -0.2) is 82.0 Å². The molecule has 0 bridgehead atoms. The van der Waals surface area contributed by atoms with E-state index in [1.807, 2.05) is 49.5 Å². The highest BCUT2D eigenvalue weighted by Crippen LogP contribution is 2.18. The Labute approximate surface area is 317 Å². The molecule has 0 radical (unpaired) electrons. The summed E-state index contributed by atoms with van der Waals surface area (Å²) in [7, 11) is -4.67. The predicted octanol–water partition coefficient (Wildman–Crippen LogP) is 5.96. The monoisotopic (exact) mass is 917 g/mol. The number of nitro groups is 1. The summed E-state index contributed by atoms with van der Waals surface area (Å²) in [5, 5.41) is 36.3. The number of pyridine rings is 5. The van der Waals surface area contributed by atoms with Gasteiger partial charge in [0.1, 0.15) is 6.10 Å². The highest BCUT2D eigenvalue weighted by atomic mass is 80.9.